The zero-order valence-corrected chi connectivity index (χ0v) is 10.3. The van der Waals surface area contributed by atoms with Gasteiger partial charge < -0.3 is 5.32 Å². The molecule has 1 aromatic rings. The van der Waals surface area contributed by atoms with E-state index < -0.39 is 6.03 Å². The van der Waals surface area contributed by atoms with Crippen molar-refractivity contribution in [2.75, 3.05) is 7.05 Å². The summed E-state index contributed by atoms with van der Waals surface area (Å²) in [5.41, 5.74) is 1.06. The highest BCUT2D eigenvalue weighted by molar-refractivity contribution is 5.72. The number of amides is 2. The lowest BCUT2D eigenvalue weighted by molar-refractivity contribution is -0.0757. The summed E-state index contributed by atoms with van der Waals surface area (Å²) >= 11 is 0. The molecule has 2 amide bonds. The molecule has 1 aliphatic rings. The summed E-state index contributed by atoms with van der Waals surface area (Å²) in [6, 6.07) is 5.77. The molecular formula is C13H17FN2O2. The first-order chi connectivity index (χ1) is 8.61. The summed E-state index contributed by atoms with van der Waals surface area (Å²) in [5.74, 6) is 0.0253. The minimum atomic E-state index is -0.486. The molecule has 0 saturated heterocycles. The maximum atomic E-state index is 12.8. The quantitative estimate of drug-likeness (QED) is 0.627. The number of nitrogens with one attached hydrogen (secondary N) is 1. The van der Waals surface area contributed by atoms with Gasteiger partial charge in [-0.3, -0.25) is 5.21 Å². The molecule has 0 spiro atoms. The van der Waals surface area contributed by atoms with Gasteiger partial charge >= 0.3 is 6.03 Å². The molecule has 0 heterocycles. The lowest BCUT2D eigenvalue weighted by Gasteiger charge is -2.21. The summed E-state index contributed by atoms with van der Waals surface area (Å²) in [6.45, 7) is 0. The van der Waals surface area contributed by atoms with Crippen LogP contribution in [0.5, 0.6) is 0 Å². The van der Waals surface area contributed by atoms with E-state index in [1.165, 1.54) is 19.2 Å². The Hall–Kier alpha value is -1.62. The largest absolute Gasteiger partial charge is 0.341 e. The molecule has 4 nitrogen and oxygen atoms in total. The van der Waals surface area contributed by atoms with Crippen LogP contribution in [0.4, 0.5) is 9.18 Å². The number of carbonyl (C=O) groups excluding carboxylic acids is 1. The van der Waals surface area contributed by atoms with Crippen LogP contribution >= 0.6 is 0 Å². The second-order valence-electron chi connectivity index (χ2n) is 4.62. The van der Waals surface area contributed by atoms with Crippen molar-refractivity contribution in [1.29, 1.82) is 0 Å². The lowest BCUT2D eigenvalue weighted by Crippen LogP contribution is -2.41. The number of carbonyl (C=O) groups is 1. The van der Waals surface area contributed by atoms with Crippen molar-refractivity contribution >= 4 is 6.03 Å². The van der Waals surface area contributed by atoms with Crippen LogP contribution in [0.15, 0.2) is 24.3 Å². The average molecular weight is 252 g/mol. The van der Waals surface area contributed by atoms with E-state index in [1.54, 1.807) is 12.1 Å². The van der Waals surface area contributed by atoms with Crippen molar-refractivity contribution in [3.05, 3.63) is 35.6 Å². The molecule has 2 rings (SSSR count). The Morgan fingerprint density at radius 1 is 1.39 bits per heavy atom. The third-order valence-corrected chi connectivity index (χ3v) is 3.51. The highest BCUT2D eigenvalue weighted by atomic mass is 19.1. The number of benzene rings is 1. The zero-order chi connectivity index (χ0) is 13.1. The highest BCUT2D eigenvalue weighted by Gasteiger charge is 2.31. The molecule has 1 aliphatic carbocycles. The Morgan fingerprint density at radius 2 is 2.06 bits per heavy atom. The first-order valence-electron chi connectivity index (χ1n) is 6.07. The van der Waals surface area contributed by atoms with E-state index in [0.29, 0.717) is 6.42 Å². The van der Waals surface area contributed by atoms with Crippen LogP contribution in [-0.4, -0.2) is 29.4 Å². The fraction of sp³-hybridized carbons (Fsp3) is 0.462. The Kier molecular flexibility index (Phi) is 3.81. The van der Waals surface area contributed by atoms with E-state index >= 15 is 0 Å². The summed E-state index contributed by atoms with van der Waals surface area (Å²) in [6.07, 6.45) is 2.35. The average Bonchev–Trinajstić information content (AvgIpc) is 2.87. The van der Waals surface area contributed by atoms with Gasteiger partial charge in [-0.05, 0) is 42.9 Å². The fourth-order valence-corrected chi connectivity index (χ4v) is 2.50. The number of nitrogens with zero attached hydrogens (tertiary/aromatic N) is 1. The summed E-state index contributed by atoms with van der Waals surface area (Å²) in [4.78, 5) is 11.3. The Labute approximate surface area is 105 Å². The SMILES string of the molecule is CNC(=O)N(O)C1CCC(c2ccc(F)cc2)C1. The van der Waals surface area contributed by atoms with Crippen LogP contribution in [0.3, 0.4) is 0 Å². The van der Waals surface area contributed by atoms with E-state index in [1.807, 2.05) is 0 Å². The maximum Gasteiger partial charge on any atom is 0.341 e. The maximum absolute atomic E-state index is 12.8. The Bertz CT molecular complexity index is 422. The molecule has 0 aliphatic heterocycles. The van der Waals surface area contributed by atoms with Gasteiger partial charge in [-0.1, -0.05) is 12.1 Å². The molecule has 0 radical (unpaired) electrons. The summed E-state index contributed by atoms with van der Waals surface area (Å²) in [7, 11) is 1.48. The number of hydrogen-bond donors (Lipinski definition) is 2. The van der Waals surface area contributed by atoms with E-state index in [4.69, 9.17) is 0 Å². The summed E-state index contributed by atoms with van der Waals surface area (Å²) in [5, 5.41) is 12.8. The molecule has 0 aromatic heterocycles. The van der Waals surface area contributed by atoms with Crippen LogP contribution in [0.25, 0.3) is 0 Å². The van der Waals surface area contributed by atoms with Crippen molar-refractivity contribution in [2.24, 2.45) is 0 Å². The third kappa shape index (κ3) is 2.61. The van der Waals surface area contributed by atoms with Crippen molar-refractivity contribution in [1.82, 2.24) is 10.4 Å². The number of rotatable bonds is 2. The molecule has 2 N–H and O–H groups in total. The van der Waals surface area contributed by atoms with Gasteiger partial charge in [0, 0.05) is 7.05 Å². The van der Waals surface area contributed by atoms with Gasteiger partial charge in [0.15, 0.2) is 0 Å². The number of halogens is 1. The lowest BCUT2D eigenvalue weighted by atomic mass is 9.97. The third-order valence-electron chi connectivity index (χ3n) is 3.51. The summed E-state index contributed by atoms with van der Waals surface area (Å²) < 4.78 is 12.8. The van der Waals surface area contributed by atoms with Gasteiger partial charge in [-0.2, -0.15) is 0 Å². The smallest absolute Gasteiger partial charge is 0.339 e. The van der Waals surface area contributed by atoms with E-state index in [2.05, 4.69) is 5.32 Å². The number of hydroxylamine groups is 2. The van der Waals surface area contributed by atoms with Gasteiger partial charge in [0.1, 0.15) is 5.82 Å². The molecule has 1 aromatic carbocycles. The van der Waals surface area contributed by atoms with Crippen molar-refractivity contribution in [3.8, 4) is 0 Å². The molecule has 1 saturated carbocycles. The molecule has 18 heavy (non-hydrogen) atoms. The van der Waals surface area contributed by atoms with Crippen molar-refractivity contribution in [2.45, 2.75) is 31.2 Å². The minimum Gasteiger partial charge on any atom is -0.339 e. The van der Waals surface area contributed by atoms with Crippen LogP contribution in [0.1, 0.15) is 30.7 Å². The molecular weight excluding hydrogens is 235 g/mol. The van der Waals surface area contributed by atoms with Gasteiger partial charge in [-0.25, -0.2) is 14.2 Å². The van der Waals surface area contributed by atoms with Gasteiger partial charge in [-0.15, -0.1) is 0 Å². The molecule has 5 heteroatoms. The van der Waals surface area contributed by atoms with Gasteiger partial charge in [0.2, 0.25) is 0 Å². The highest BCUT2D eigenvalue weighted by Crippen LogP contribution is 2.36. The second kappa shape index (κ2) is 5.35. The standard InChI is InChI=1S/C13H17FN2O2/c1-15-13(17)16(18)12-7-4-10(8-12)9-2-5-11(14)6-3-9/h2-3,5-6,10,12,18H,4,7-8H2,1H3,(H,15,17). The topological polar surface area (TPSA) is 52.6 Å². The van der Waals surface area contributed by atoms with E-state index in [9.17, 15) is 14.4 Å². The predicted octanol–water partition coefficient (Wildman–Crippen LogP) is 2.49. The van der Waals surface area contributed by atoms with E-state index in [0.717, 1.165) is 23.5 Å². The monoisotopic (exact) mass is 252 g/mol. The molecule has 0 bridgehead atoms. The fourth-order valence-electron chi connectivity index (χ4n) is 2.50. The van der Waals surface area contributed by atoms with Crippen LogP contribution < -0.4 is 5.32 Å². The van der Waals surface area contributed by atoms with Gasteiger partial charge in [0.25, 0.3) is 0 Å². The molecule has 2 unspecified atom stereocenters. The van der Waals surface area contributed by atoms with Crippen molar-refractivity contribution in [3.63, 3.8) is 0 Å². The Balaban J connectivity index is 2.00. The first-order valence-corrected chi connectivity index (χ1v) is 6.07. The number of urea groups is 1. The van der Waals surface area contributed by atoms with Gasteiger partial charge in [0.05, 0.1) is 6.04 Å². The normalized spacial score (nSPS) is 22.8. The predicted molar refractivity (Wildman–Crippen MR) is 64.9 cm³/mol. The zero-order valence-electron chi connectivity index (χ0n) is 10.3. The van der Waals surface area contributed by atoms with Crippen LogP contribution in [0, 0.1) is 5.82 Å². The van der Waals surface area contributed by atoms with Crippen LogP contribution in [-0.2, 0) is 0 Å². The molecule has 1 fully saturated rings. The van der Waals surface area contributed by atoms with E-state index in [-0.39, 0.29) is 17.8 Å². The first kappa shape index (κ1) is 12.8. The minimum absolute atomic E-state index is 0.167. The van der Waals surface area contributed by atoms with Crippen molar-refractivity contribution < 1.29 is 14.4 Å². The Morgan fingerprint density at radius 3 is 2.67 bits per heavy atom. The van der Waals surface area contributed by atoms with Crippen LogP contribution in [0.2, 0.25) is 0 Å². The molecule has 2 atom stereocenters. The second-order valence-corrected chi connectivity index (χ2v) is 4.62. The number of hydrogen-bond acceptors (Lipinski definition) is 2. The molecule has 98 valence electrons.